The lowest BCUT2D eigenvalue weighted by Gasteiger charge is -2.34. The van der Waals surface area contributed by atoms with Crippen molar-refractivity contribution in [3.05, 3.63) is 88.2 Å². The number of aromatic amines is 1. The van der Waals surface area contributed by atoms with Crippen molar-refractivity contribution in [2.45, 2.75) is 13.5 Å². The number of aromatic nitrogens is 1. The maximum Gasteiger partial charge on any atom is 0.261 e. The van der Waals surface area contributed by atoms with E-state index in [1.807, 2.05) is 49.4 Å². The average Bonchev–Trinajstić information content (AvgIpc) is 2.81. The number of H-pyrrole nitrogens is 1. The van der Waals surface area contributed by atoms with Gasteiger partial charge in [-0.3, -0.25) is 14.5 Å². The molecular weight excluding hydrogens is 390 g/mol. The van der Waals surface area contributed by atoms with Crippen LogP contribution in [0.1, 0.15) is 22.8 Å². The Labute approximate surface area is 182 Å². The van der Waals surface area contributed by atoms with Gasteiger partial charge in [0, 0.05) is 38.4 Å². The molecule has 0 unspecified atom stereocenters. The van der Waals surface area contributed by atoms with Gasteiger partial charge in [-0.25, -0.2) is 0 Å². The fraction of sp³-hybridized carbons (Fsp3) is 0.280. The molecule has 1 saturated heterocycles. The van der Waals surface area contributed by atoms with Gasteiger partial charge in [0.15, 0.2) is 0 Å². The van der Waals surface area contributed by atoms with Crippen LogP contribution in [0.3, 0.4) is 0 Å². The van der Waals surface area contributed by atoms with E-state index in [-0.39, 0.29) is 17.0 Å². The number of amides is 1. The molecule has 6 nitrogen and oxygen atoms in total. The first kappa shape index (κ1) is 20.9. The van der Waals surface area contributed by atoms with Gasteiger partial charge >= 0.3 is 0 Å². The molecule has 1 N–H and O–H groups in total. The number of nitrogens with zero attached hydrogens (tertiary/aromatic N) is 2. The maximum atomic E-state index is 12.9. The zero-order valence-electron chi connectivity index (χ0n) is 17.7. The van der Waals surface area contributed by atoms with Crippen LogP contribution in [0, 0.1) is 0 Å². The summed E-state index contributed by atoms with van der Waals surface area (Å²) in [5.41, 5.74) is 2.70. The number of piperazine rings is 1. The summed E-state index contributed by atoms with van der Waals surface area (Å²) in [6.07, 6.45) is 0. The average molecular weight is 418 g/mol. The summed E-state index contributed by atoms with van der Waals surface area (Å²) in [5.74, 6) is 0.673. The molecule has 1 aromatic heterocycles. The molecule has 1 fully saturated rings. The Bertz CT molecular complexity index is 1070. The highest BCUT2D eigenvalue weighted by atomic mass is 16.5. The van der Waals surface area contributed by atoms with Gasteiger partial charge in [-0.15, -0.1) is 0 Å². The van der Waals surface area contributed by atoms with Gasteiger partial charge < -0.3 is 14.6 Å². The lowest BCUT2D eigenvalue weighted by atomic mass is 10.1. The lowest BCUT2D eigenvalue weighted by molar-refractivity contribution is 0.0626. The summed E-state index contributed by atoms with van der Waals surface area (Å²) < 4.78 is 5.49. The molecule has 1 aliphatic rings. The Morgan fingerprint density at radius 1 is 0.935 bits per heavy atom. The van der Waals surface area contributed by atoms with Crippen LogP contribution >= 0.6 is 0 Å². The highest BCUT2D eigenvalue weighted by Crippen LogP contribution is 2.17. The van der Waals surface area contributed by atoms with Gasteiger partial charge in [0.2, 0.25) is 0 Å². The molecule has 0 atom stereocenters. The molecule has 0 bridgehead atoms. The Hall–Kier alpha value is -3.38. The summed E-state index contributed by atoms with van der Waals surface area (Å²) in [4.78, 5) is 32.4. The van der Waals surface area contributed by atoms with E-state index in [0.29, 0.717) is 25.4 Å². The van der Waals surface area contributed by atoms with Crippen LogP contribution in [0.4, 0.5) is 0 Å². The van der Waals surface area contributed by atoms with Gasteiger partial charge in [0.25, 0.3) is 11.5 Å². The van der Waals surface area contributed by atoms with Crippen LogP contribution in [-0.4, -0.2) is 53.5 Å². The van der Waals surface area contributed by atoms with E-state index in [1.54, 1.807) is 17.0 Å². The monoisotopic (exact) mass is 417 g/mol. The Morgan fingerprint density at radius 2 is 1.65 bits per heavy atom. The number of pyridine rings is 1. The van der Waals surface area contributed by atoms with E-state index in [1.165, 1.54) is 5.56 Å². The van der Waals surface area contributed by atoms with Crippen molar-refractivity contribution < 1.29 is 9.53 Å². The van der Waals surface area contributed by atoms with Gasteiger partial charge in [-0.1, -0.05) is 42.5 Å². The number of carbonyl (C=O) groups excluding carboxylic acids is 1. The van der Waals surface area contributed by atoms with Crippen molar-refractivity contribution >= 4 is 5.91 Å². The van der Waals surface area contributed by atoms with Crippen LogP contribution in [0.2, 0.25) is 0 Å². The van der Waals surface area contributed by atoms with Crippen LogP contribution < -0.4 is 10.3 Å². The second-order valence-corrected chi connectivity index (χ2v) is 7.63. The fourth-order valence-electron chi connectivity index (χ4n) is 3.82. The second kappa shape index (κ2) is 9.62. The third-order valence-electron chi connectivity index (χ3n) is 5.52. The van der Waals surface area contributed by atoms with E-state index in [9.17, 15) is 9.59 Å². The zero-order valence-corrected chi connectivity index (χ0v) is 17.7. The quantitative estimate of drug-likeness (QED) is 0.668. The Balaban J connectivity index is 1.35. The van der Waals surface area contributed by atoms with Crippen molar-refractivity contribution in [3.8, 4) is 17.0 Å². The van der Waals surface area contributed by atoms with Gasteiger partial charge in [-0.2, -0.15) is 0 Å². The fourth-order valence-corrected chi connectivity index (χ4v) is 3.82. The SMILES string of the molecule is CCOc1ccc(CN2CCN(C(=O)c3ccc(-c4ccccc4)[nH]c3=O)CC2)cc1. The molecular formula is C25H27N3O3. The molecule has 2 aromatic carbocycles. The standard InChI is InChI=1S/C25H27N3O3/c1-2-31-21-10-8-19(9-11-21)18-27-14-16-28(17-15-27)25(30)22-12-13-23(26-24(22)29)20-6-4-3-5-7-20/h3-13H,2,14-18H2,1H3,(H,26,29). The highest BCUT2D eigenvalue weighted by molar-refractivity contribution is 5.94. The number of hydrogen-bond donors (Lipinski definition) is 1. The molecule has 31 heavy (non-hydrogen) atoms. The summed E-state index contributed by atoms with van der Waals surface area (Å²) in [6, 6.07) is 21.2. The number of ether oxygens (including phenoxy) is 1. The van der Waals surface area contributed by atoms with Crippen LogP contribution in [0.5, 0.6) is 5.75 Å². The minimum Gasteiger partial charge on any atom is -0.494 e. The van der Waals surface area contributed by atoms with Crippen LogP contribution in [0.15, 0.2) is 71.5 Å². The third kappa shape index (κ3) is 5.03. The topological polar surface area (TPSA) is 65.6 Å². The smallest absolute Gasteiger partial charge is 0.261 e. The number of benzene rings is 2. The molecule has 1 amide bonds. The summed E-state index contributed by atoms with van der Waals surface area (Å²) in [7, 11) is 0. The Morgan fingerprint density at radius 3 is 2.29 bits per heavy atom. The van der Waals surface area contributed by atoms with Gasteiger partial charge in [0.1, 0.15) is 11.3 Å². The van der Waals surface area contributed by atoms with Crippen LogP contribution in [0.25, 0.3) is 11.3 Å². The molecule has 0 saturated carbocycles. The third-order valence-corrected chi connectivity index (χ3v) is 5.52. The Kier molecular flexibility index (Phi) is 6.48. The molecule has 3 aromatic rings. The normalized spacial score (nSPS) is 14.4. The molecule has 160 valence electrons. The molecule has 4 rings (SSSR count). The van der Waals surface area contributed by atoms with Crippen molar-refractivity contribution in [2.75, 3.05) is 32.8 Å². The van der Waals surface area contributed by atoms with E-state index >= 15 is 0 Å². The first-order chi connectivity index (χ1) is 15.1. The van der Waals surface area contributed by atoms with E-state index < -0.39 is 0 Å². The predicted octanol–water partition coefficient (Wildman–Crippen LogP) is 3.40. The highest BCUT2D eigenvalue weighted by Gasteiger charge is 2.24. The summed E-state index contributed by atoms with van der Waals surface area (Å²) in [5, 5.41) is 0. The number of carbonyl (C=O) groups is 1. The molecule has 0 aliphatic carbocycles. The first-order valence-electron chi connectivity index (χ1n) is 10.7. The molecule has 1 aliphatic heterocycles. The van der Waals surface area contributed by atoms with Crippen molar-refractivity contribution in [2.24, 2.45) is 0 Å². The number of hydrogen-bond acceptors (Lipinski definition) is 4. The largest absolute Gasteiger partial charge is 0.494 e. The zero-order chi connectivity index (χ0) is 21.6. The predicted molar refractivity (Wildman–Crippen MR) is 121 cm³/mol. The molecule has 2 heterocycles. The van der Waals surface area contributed by atoms with E-state index in [4.69, 9.17) is 4.74 Å². The number of nitrogens with one attached hydrogen (secondary N) is 1. The lowest BCUT2D eigenvalue weighted by Crippen LogP contribution is -2.49. The van der Waals surface area contributed by atoms with Gasteiger partial charge in [0.05, 0.1) is 6.61 Å². The van der Waals surface area contributed by atoms with Crippen molar-refractivity contribution in [1.82, 2.24) is 14.8 Å². The molecule has 0 radical (unpaired) electrons. The summed E-state index contributed by atoms with van der Waals surface area (Å²) in [6.45, 7) is 6.23. The van der Waals surface area contributed by atoms with Crippen molar-refractivity contribution in [1.29, 1.82) is 0 Å². The number of rotatable bonds is 6. The van der Waals surface area contributed by atoms with Gasteiger partial charge in [-0.05, 0) is 42.3 Å². The maximum absolute atomic E-state index is 12.9. The molecule has 6 heteroatoms. The molecule has 0 spiro atoms. The van der Waals surface area contributed by atoms with E-state index in [0.717, 1.165) is 30.9 Å². The van der Waals surface area contributed by atoms with E-state index in [2.05, 4.69) is 22.0 Å². The minimum absolute atomic E-state index is 0.194. The second-order valence-electron chi connectivity index (χ2n) is 7.63. The minimum atomic E-state index is -0.344. The van der Waals surface area contributed by atoms with Crippen molar-refractivity contribution in [3.63, 3.8) is 0 Å². The van der Waals surface area contributed by atoms with Crippen LogP contribution in [-0.2, 0) is 6.54 Å². The first-order valence-corrected chi connectivity index (χ1v) is 10.7. The summed E-state index contributed by atoms with van der Waals surface area (Å²) >= 11 is 0.